The second-order valence-electron chi connectivity index (χ2n) is 8.05. The summed E-state index contributed by atoms with van der Waals surface area (Å²) in [5, 5.41) is 4.97. The SMILES string of the molecule is COc1cccc(OC)c1C(=O)Nc1cccc(SC(C(=O)Nc2ccc(F)c(Cl)c2)c2ccccc2)c1. The van der Waals surface area contributed by atoms with Gasteiger partial charge in [-0.15, -0.1) is 11.8 Å². The number of rotatable bonds is 9. The second kappa shape index (κ2) is 12.5. The van der Waals surface area contributed by atoms with Crippen LogP contribution >= 0.6 is 23.4 Å². The van der Waals surface area contributed by atoms with Crippen molar-refractivity contribution in [3.05, 3.63) is 113 Å². The van der Waals surface area contributed by atoms with Gasteiger partial charge in [-0.3, -0.25) is 9.59 Å². The third kappa shape index (κ3) is 6.45. The first kappa shape index (κ1) is 27.0. The average Bonchev–Trinajstić information content (AvgIpc) is 2.93. The lowest BCUT2D eigenvalue weighted by Gasteiger charge is -2.18. The van der Waals surface area contributed by atoms with E-state index < -0.39 is 17.0 Å². The lowest BCUT2D eigenvalue weighted by atomic mass is 10.1. The highest BCUT2D eigenvalue weighted by Crippen LogP contribution is 2.38. The van der Waals surface area contributed by atoms with Gasteiger partial charge in [0.25, 0.3) is 5.91 Å². The van der Waals surface area contributed by atoms with E-state index in [2.05, 4.69) is 10.6 Å². The van der Waals surface area contributed by atoms with Gasteiger partial charge >= 0.3 is 0 Å². The number of hydrogen-bond acceptors (Lipinski definition) is 5. The van der Waals surface area contributed by atoms with Crippen LogP contribution in [0.1, 0.15) is 21.2 Å². The molecule has 0 heterocycles. The molecule has 1 unspecified atom stereocenters. The van der Waals surface area contributed by atoms with Gasteiger partial charge in [-0.25, -0.2) is 4.39 Å². The number of benzene rings is 4. The number of ether oxygens (including phenoxy) is 2. The molecule has 0 bridgehead atoms. The Bertz CT molecular complexity index is 1430. The van der Waals surface area contributed by atoms with Crippen molar-refractivity contribution < 1.29 is 23.5 Å². The van der Waals surface area contributed by atoms with Crippen molar-refractivity contribution in [2.45, 2.75) is 10.1 Å². The van der Waals surface area contributed by atoms with Crippen LogP contribution in [0.4, 0.5) is 15.8 Å². The second-order valence-corrected chi connectivity index (χ2v) is 9.63. The Morgan fingerprint density at radius 1 is 0.816 bits per heavy atom. The Hall–Kier alpha value is -4.01. The van der Waals surface area contributed by atoms with Gasteiger partial charge in [0.15, 0.2) is 0 Å². The van der Waals surface area contributed by atoms with Crippen LogP contribution in [0.15, 0.2) is 95.9 Å². The molecule has 0 spiro atoms. The molecule has 2 N–H and O–H groups in total. The van der Waals surface area contributed by atoms with Crippen LogP contribution in [0.3, 0.4) is 0 Å². The number of amides is 2. The van der Waals surface area contributed by atoms with Crippen LogP contribution in [0.25, 0.3) is 0 Å². The van der Waals surface area contributed by atoms with E-state index in [-0.39, 0.29) is 16.5 Å². The Labute approximate surface area is 229 Å². The summed E-state index contributed by atoms with van der Waals surface area (Å²) >= 11 is 7.19. The minimum atomic E-state index is -0.639. The zero-order chi connectivity index (χ0) is 27.1. The highest BCUT2D eigenvalue weighted by molar-refractivity contribution is 8.00. The maximum Gasteiger partial charge on any atom is 0.263 e. The number of carbonyl (C=O) groups is 2. The molecule has 2 amide bonds. The summed E-state index contributed by atoms with van der Waals surface area (Å²) in [7, 11) is 2.97. The molecule has 9 heteroatoms. The van der Waals surface area contributed by atoms with Crippen molar-refractivity contribution in [3.63, 3.8) is 0 Å². The number of anilines is 2. The van der Waals surface area contributed by atoms with E-state index >= 15 is 0 Å². The number of hydrogen-bond donors (Lipinski definition) is 2. The molecule has 4 aromatic rings. The number of carbonyl (C=O) groups excluding carboxylic acids is 2. The Morgan fingerprint density at radius 3 is 2.13 bits per heavy atom. The van der Waals surface area contributed by atoms with Crippen LogP contribution < -0.4 is 20.1 Å². The van der Waals surface area contributed by atoms with Gasteiger partial charge in [-0.05, 0) is 54.1 Å². The Balaban J connectivity index is 1.57. The summed E-state index contributed by atoms with van der Waals surface area (Å²) < 4.78 is 24.3. The fourth-order valence-electron chi connectivity index (χ4n) is 3.73. The number of methoxy groups -OCH3 is 2. The monoisotopic (exact) mass is 550 g/mol. The van der Waals surface area contributed by atoms with Gasteiger partial charge in [0.2, 0.25) is 5.91 Å². The van der Waals surface area contributed by atoms with Gasteiger partial charge in [0, 0.05) is 16.3 Å². The van der Waals surface area contributed by atoms with E-state index in [1.54, 1.807) is 36.4 Å². The van der Waals surface area contributed by atoms with E-state index in [0.29, 0.717) is 22.9 Å². The molecule has 0 saturated carbocycles. The Kier molecular flexibility index (Phi) is 8.89. The molecule has 6 nitrogen and oxygen atoms in total. The zero-order valence-electron chi connectivity index (χ0n) is 20.5. The Morgan fingerprint density at radius 2 is 1.47 bits per heavy atom. The van der Waals surface area contributed by atoms with Crippen molar-refractivity contribution in [2.75, 3.05) is 24.9 Å². The van der Waals surface area contributed by atoms with Crippen molar-refractivity contribution in [1.82, 2.24) is 0 Å². The van der Waals surface area contributed by atoms with E-state index in [9.17, 15) is 14.0 Å². The van der Waals surface area contributed by atoms with E-state index in [1.165, 1.54) is 44.2 Å². The third-order valence-electron chi connectivity index (χ3n) is 5.53. The maximum atomic E-state index is 13.6. The zero-order valence-corrected chi connectivity index (χ0v) is 22.1. The first-order chi connectivity index (χ1) is 18.4. The lowest BCUT2D eigenvalue weighted by Crippen LogP contribution is -2.19. The molecule has 0 saturated heterocycles. The van der Waals surface area contributed by atoms with E-state index in [4.69, 9.17) is 21.1 Å². The molecule has 194 valence electrons. The molecule has 0 fully saturated rings. The predicted octanol–water partition coefficient (Wildman–Crippen LogP) is 7.22. The fraction of sp³-hybridized carbons (Fsp3) is 0.103. The molecule has 0 aliphatic carbocycles. The number of halogens is 2. The summed E-state index contributed by atoms with van der Waals surface area (Å²) in [4.78, 5) is 27.2. The minimum absolute atomic E-state index is 0.0816. The van der Waals surface area contributed by atoms with Gasteiger partial charge in [-0.1, -0.05) is 54.1 Å². The van der Waals surface area contributed by atoms with Crippen molar-refractivity contribution in [1.29, 1.82) is 0 Å². The van der Waals surface area contributed by atoms with Crippen LogP contribution in [0, 0.1) is 5.82 Å². The van der Waals surface area contributed by atoms with Crippen LogP contribution in [0.2, 0.25) is 5.02 Å². The molecule has 1 atom stereocenters. The molecule has 0 aromatic heterocycles. The van der Waals surface area contributed by atoms with Crippen LogP contribution in [-0.2, 0) is 4.79 Å². The smallest absolute Gasteiger partial charge is 0.263 e. The van der Waals surface area contributed by atoms with Gasteiger partial charge in [-0.2, -0.15) is 0 Å². The first-order valence-electron chi connectivity index (χ1n) is 11.5. The van der Waals surface area contributed by atoms with Gasteiger partial charge in [0.1, 0.15) is 28.1 Å². The summed E-state index contributed by atoms with van der Waals surface area (Å²) in [6.45, 7) is 0. The normalized spacial score (nSPS) is 11.4. The largest absolute Gasteiger partial charge is 0.496 e. The highest BCUT2D eigenvalue weighted by atomic mass is 35.5. The van der Waals surface area contributed by atoms with Crippen molar-refractivity contribution in [3.8, 4) is 11.5 Å². The molecular weight excluding hydrogens is 527 g/mol. The number of nitrogens with one attached hydrogen (secondary N) is 2. The minimum Gasteiger partial charge on any atom is -0.496 e. The first-order valence-corrected chi connectivity index (χ1v) is 12.7. The summed E-state index contributed by atoms with van der Waals surface area (Å²) in [6.07, 6.45) is 0. The van der Waals surface area contributed by atoms with E-state index in [1.807, 2.05) is 36.4 Å². The van der Waals surface area contributed by atoms with Crippen molar-refractivity contribution in [2.24, 2.45) is 0 Å². The highest BCUT2D eigenvalue weighted by Gasteiger charge is 2.23. The summed E-state index contributed by atoms with van der Waals surface area (Å²) in [5.74, 6) is -0.504. The predicted molar refractivity (Wildman–Crippen MR) is 149 cm³/mol. The van der Waals surface area contributed by atoms with Gasteiger partial charge in [0.05, 0.1) is 19.2 Å². The maximum absolute atomic E-state index is 13.6. The summed E-state index contributed by atoms with van der Waals surface area (Å²) in [5.41, 5.74) is 1.96. The standard InChI is InChI=1S/C29H24ClFN2O4S/c1-36-24-12-7-13-25(37-2)26(24)28(34)32-19-10-6-11-21(16-19)38-27(18-8-4-3-5-9-18)29(35)33-20-14-15-23(31)22(30)17-20/h3-17,27H,1-2H3,(H,32,34)(H,33,35). The van der Waals surface area contributed by atoms with Crippen LogP contribution in [-0.4, -0.2) is 26.0 Å². The molecule has 38 heavy (non-hydrogen) atoms. The molecule has 4 rings (SSSR count). The molecule has 4 aromatic carbocycles. The molecule has 0 aliphatic heterocycles. The fourth-order valence-corrected chi connectivity index (χ4v) is 5.00. The van der Waals surface area contributed by atoms with Crippen molar-refractivity contribution >= 4 is 46.6 Å². The molecule has 0 aliphatic rings. The van der Waals surface area contributed by atoms with Gasteiger partial charge < -0.3 is 20.1 Å². The summed E-state index contributed by atoms with van der Waals surface area (Å²) in [6, 6.07) is 25.6. The van der Waals surface area contributed by atoms with E-state index in [0.717, 1.165) is 10.5 Å². The lowest BCUT2D eigenvalue weighted by molar-refractivity contribution is -0.115. The average molecular weight is 551 g/mol. The quantitative estimate of drug-likeness (QED) is 0.215. The topological polar surface area (TPSA) is 76.7 Å². The third-order valence-corrected chi connectivity index (χ3v) is 7.07. The van der Waals surface area contributed by atoms with Crippen LogP contribution in [0.5, 0.6) is 11.5 Å². The molecule has 0 radical (unpaired) electrons. The molecular formula is C29H24ClFN2O4S. The number of thioether (sulfide) groups is 1.